The van der Waals surface area contributed by atoms with Crippen molar-refractivity contribution in [1.29, 1.82) is 0 Å². The summed E-state index contributed by atoms with van der Waals surface area (Å²) in [6, 6.07) is 7.39. The average Bonchev–Trinajstić information content (AvgIpc) is 2.29. The summed E-state index contributed by atoms with van der Waals surface area (Å²) >= 11 is 3.31. The van der Waals surface area contributed by atoms with Crippen LogP contribution in [0.2, 0.25) is 0 Å². The van der Waals surface area contributed by atoms with Gasteiger partial charge >= 0.3 is 6.18 Å². The summed E-state index contributed by atoms with van der Waals surface area (Å²) in [5.74, 6) is 0.746. The fourth-order valence-electron chi connectivity index (χ4n) is 1.31. The number of alkyl halides is 3. The molecular weight excluding hydrogens is 311 g/mol. The van der Waals surface area contributed by atoms with E-state index < -0.39 is 12.6 Å². The van der Waals surface area contributed by atoms with Gasteiger partial charge in [-0.15, -0.1) is 0 Å². The number of ether oxygens (including phenoxy) is 1. The molecule has 0 atom stereocenters. The molecule has 0 saturated heterocycles. The number of nitrogens with one attached hydrogen (secondary N) is 1. The van der Waals surface area contributed by atoms with E-state index in [4.69, 9.17) is 4.74 Å². The minimum atomic E-state index is -4.06. The van der Waals surface area contributed by atoms with Gasteiger partial charge in [-0.2, -0.15) is 13.2 Å². The van der Waals surface area contributed by atoms with Crippen LogP contribution in [0.15, 0.2) is 28.7 Å². The first-order valence-electron chi connectivity index (χ1n) is 5.63. The van der Waals surface area contributed by atoms with E-state index in [9.17, 15) is 13.2 Å². The summed E-state index contributed by atoms with van der Waals surface area (Å²) < 4.78 is 41.9. The normalized spacial score (nSPS) is 11.6. The Balaban J connectivity index is 2.00. The van der Waals surface area contributed by atoms with Crippen molar-refractivity contribution in [1.82, 2.24) is 5.32 Å². The molecular formula is C12H15BrF3NO. The third-order valence-electron chi connectivity index (χ3n) is 2.18. The van der Waals surface area contributed by atoms with Gasteiger partial charge in [0.05, 0.1) is 0 Å². The zero-order valence-electron chi connectivity index (χ0n) is 9.77. The molecule has 0 bridgehead atoms. The Morgan fingerprint density at radius 2 is 1.78 bits per heavy atom. The van der Waals surface area contributed by atoms with Crippen molar-refractivity contribution in [2.75, 3.05) is 19.7 Å². The van der Waals surface area contributed by atoms with Crippen molar-refractivity contribution in [2.24, 2.45) is 0 Å². The van der Waals surface area contributed by atoms with Crippen LogP contribution in [0.1, 0.15) is 12.8 Å². The van der Waals surface area contributed by atoms with Crippen LogP contribution in [-0.2, 0) is 0 Å². The van der Waals surface area contributed by atoms with E-state index in [1.807, 2.05) is 24.3 Å². The molecule has 0 amide bonds. The van der Waals surface area contributed by atoms with E-state index in [0.29, 0.717) is 19.7 Å². The van der Waals surface area contributed by atoms with Crippen LogP contribution < -0.4 is 10.1 Å². The fourth-order valence-corrected chi connectivity index (χ4v) is 1.58. The highest BCUT2D eigenvalue weighted by Crippen LogP contribution is 2.20. The predicted octanol–water partition coefficient (Wildman–Crippen LogP) is 3.76. The first-order chi connectivity index (χ1) is 8.47. The van der Waals surface area contributed by atoms with Gasteiger partial charge in [0, 0.05) is 17.4 Å². The van der Waals surface area contributed by atoms with Gasteiger partial charge in [0.15, 0.2) is 0 Å². The smallest absolute Gasteiger partial charge is 0.389 e. The van der Waals surface area contributed by atoms with Gasteiger partial charge in [-0.3, -0.25) is 0 Å². The van der Waals surface area contributed by atoms with E-state index in [0.717, 1.165) is 10.2 Å². The zero-order chi connectivity index (χ0) is 13.4. The Kier molecular flexibility index (Phi) is 6.49. The third-order valence-corrected chi connectivity index (χ3v) is 2.70. The summed E-state index contributed by atoms with van der Waals surface area (Å²) in [5, 5.41) is 2.91. The topological polar surface area (TPSA) is 21.3 Å². The van der Waals surface area contributed by atoms with Gasteiger partial charge < -0.3 is 10.1 Å². The molecule has 0 aliphatic heterocycles. The minimum Gasteiger partial charge on any atom is -0.492 e. The first-order valence-corrected chi connectivity index (χ1v) is 6.42. The van der Waals surface area contributed by atoms with Crippen LogP contribution in [0, 0.1) is 0 Å². The molecule has 0 unspecified atom stereocenters. The number of halogens is 4. The standard InChI is InChI=1S/C12H15BrF3NO/c13-10-2-4-11(5-3-10)18-9-8-17-7-1-6-12(14,15)16/h2-5,17H,1,6-9H2. The molecule has 0 heterocycles. The van der Waals surface area contributed by atoms with E-state index in [-0.39, 0.29) is 6.42 Å². The molecule has 18 heavy (non-hydrogen) atoms. The van der Waals surface area contributed by atoms with Gasteiger partial charge in [0.2, 0.25) is 0 Å². The summed E-state index contributed by atoms with van der Waals surface area (Å²) in [5.41, 5.74) is 0. The van der Waals surface area contributed by atoms with Crippen molar-refractivity contribution in [2.45, 2.75) is 19.0 Å². The van der Waals surface area contributed by atoms with Crippen LogP contribution in [0.3, 0.4) is 0 Å². The fraction of sp³-hybridized carbons (Fsp3) is 0.500. The lowest BCUT2D eigenvalue weighted by Crippen LogP contribution is -2.23. The second-order valence-corrected chi connectivity index (χ2v) is 4.69. The summed E-state index contributed by atoms with van der Waals surface area (Å²) in [7, 11) is 0. The molecule has 2 nitrogen and oxygen atoms in total. The van der Waals surface area contributed by atoms with Crippen molar-refractivity contribution < 1.29 is 17.9 Å². The van der Waals surface area contributed by atoms with E-state index in [1.165, 1.54) is 0 Å². The highest BCUT2D eigenvalue weighted by Gasteiger charge is 2.25. The molecule has 0 aliphatic rings. The minimum absolute atomic E-state index is 0.0990. The Morgan fingerprint density at radius 3 is 2.39 bits per heavy atom. The van der Waals surface area contributed by atoms with Gasteiger partial charge in [-0.1, -0.05) is 15.9 Å². The molecule has 0 aromatic heterocycles. The van der Waals surface area contributed by atoms with Crippen LogP contribution >= 0.6 is 15.9 Å². The van der Waals surface area contributed by atoms with Gasteiger partial charge in [0.1, 0.15) is 12.4 Å². The molecule has 0 radical (unpaired) electrons. The van der Waals surface area contributed by atoms with Crippen LogP contribution in [-0.4, -0.2) is 25.9 Å². The number of rotatable bonds is 7. The average molecular weight is 326 g/mol. The summed E-state index contributed by atoms with van der Waals surface area (Å²) in [6.07, 6.45) is -4.70. The maximum Gasteiger partial charge on any atom is 0.389 e. The van der Waals surface area contributed by atoms with Crippen molar-refractivity contribution in [3.63, 3.8) is 0 Å². The predicted molar refractivity (Wildman–Crippen MR) is 67.8 cm³/mol. The molecule has 1 aromatic rings. The van der Waals surface area contributed by atoms with E-state index >= 15 is 0 Å². The maximum absolute atomic E-state index is 11.8. The third kappa shape index (κ3) is 7.55. The highest BCUT2D eigenvalue weighted by atomic mass is 79.9. The molecule has 0 spiro atoms. The second kappa shape index (κ2) is 7.63. The lowest BCUT2D eigenvalue weighted by Gasteiger charge is -2.08. The Labute approximate surface area is 113 Å². The summed E-state index contributed by atoms with van der Waals surface area (Å²) in [6.45, 7) is 1.32. The lowest BCUT2D eigenvalue weighted by molar-refractivity contribution is -0.135. The molecule has 0 saturated carbocycles. The summed E-state index contributed by atoms with van der Waals surface area (Å²) in [4.78, 5) is 0. The number of hydrogen-bond acceptors (Lipinski definition) is 2. The Bertz CT molecular complexity index is 340. The van der Waals surface area contributed by atoms with Crippen LogP contribution in [0.4, 0.5) is 13.2 Å². The highest BCUT2D eigenvalue weighted by molar-refractivity contribution is 9.10. The molecule has 1 rings (SSSR count). The Hall–Kier alpha value is -0.750. The SMILES string of the molecule is FC(F)(F)CCCNCCOc1ccc(Br)cc1. The van der Waals surface area contributed by atoms with E-state index in [2.05, 4.69) is 21.2 Å². The van der Waals surface area contributed by atoms with Gasteiger partial charge in [0.25, 0.3) is 0 Å². The van der Waals surface area contributed by atoms with Crippen LogP contribution in [0.5, 0.6) is 5.75 Å². The molecule has 102 valence electrons. The first kappa shape index (κ1) is 15.3. The lowest BCUT2D eigenvalue weighted by atomic mass is 10.3. The molecule has 0 aliphatic carbocycles. The molecule has 0 fully saturated rings. The van der Waals surface area contributed by atoms with E-state index in [1.54, 1.807) is 0 Å². The second-order valence-electron chi connectivity index (χ2n) is 3.77. The monoisotopic (exact) mass is 325 g/mol. The molecule has 1 aromatic carbocycles. The molecule has 1 N–H and O–H groups in total. The Morgan fingerprint density at radius 1 is 1.11 bits per heavy atom. The maximum atomic E-state index is 11.8. The number of benzene rings is 1. The molecule has 6 heteroatoms. The van der Waals surface area contributed by atoms with Crippen LogP contribution in [0.25, 0.3) is 0 Å². The zero-order valence-corrected chi connectivity index (χ0v) is 11.4. The van der Waals surface area contributed by atoms with Gasteiger partial charge in [-0.05, 0) is 37.2 Å². The van der Waals surface area contributed by atoms with Gasteiger partial charge in [-0.25, -0.2) is 0 Å². The van der Waals surface area contributed by atoms with Crippen molar-refractivity contribution in [3.8, 4) is 5.75 Å². The quantitative estimate of drug-likeness (QED) is 0.771. The van der Waals surface area contributed by atoms with Crippen molar-refractivity contribution >= 4 is 15.9 Å². The largest absolute Gasteiger partial charge is 0.492 e. The number of hydrogen-bond donors (Lipinski definition) is 1. The van der Waals surface area contributed by atoms with Crippen molar-refractivity contribution in [3.05, 3.63) is 28.7 Å².